The molecule has 0 saturated heterocycles. The van der Waals surface area contributed by atoms with Gasteiger partial charge in [-0.05, 0) is 28.1 Å². The highest BCUT2D eigenvalue weighted by atomic mass is 79.9. The summed E-state index contributed by atoms with van der Waals surface area (Å²) in [5.74, 6) is -0.910. The standard InChI is InChI=1S/C9H7Br2FO2/c1-14-8(13)4-5-6(10)2-3-7(11)9(5)12/h2-3H,4H2,1H3. The highest BCUT2D eigenvalue weighted by Gasteiger charge is 2.14. The van der Waals surface area contributed by atoms with Gasteiger partial charge in [-0.25, -0.2) is 4.39 Å². The summed E-state index contributed by atoms with van der Waals surface area (Å²) in [5, 5.41) is 0. The van der Waals surface area contributed by atoms with Crippen molar-refractivity contribution in [2.75, 3.05) is 7.11 Å². The number of hydrogen-bond acceptors (Lipinski definition) is 2. The molecule has 0 radical (unpaired) electrons. The topological polar surface area (TPSA) is 26.3 Å². The van der Waals surface area contributed by atoms with Gasteiger partial charge in [0.15, 0.2) is 0 Å². The Morgan fingerprint density at radius 2 is 2.00 bits per heavy atom. The number of carbonyl (C=O) groups excluding carboxylic acids is 1. The number of benzene rings is 1. The Balaban J connectivity index is 3.06. The zero-order valence-corrected chi connectivity index (χ0v) is 10.5. The zero-order chi connectivity index (χ0) is 10.7. The molecule has 0 saturated carbocycles. The number of hydrogen-bond donors (Lipinski definition) is 0. The molecule has 0 heterocycles. The molecule has 0 aliphatic heterocycles. The molecule has 0 spiro atoms. The van der Waals surface area contributed by atoms with Gasteiger partial charge in [-0.15, -0.1) is 0 Å². The maximum absolute atomic E-state index is 13.5. The molecule has 0 aromatic heterocycles. The molecule has 5 heteroatoms. The summed E-state index contributed by atoms with van der Waals surface area (Å²) in [5.41, 5.74) is 0.297. The lowest BCUT2D eigenvalue weighted by atomic mass is 10.1. The average Bonchev–Trinajstić information content (AvgIpc) is 2.18. The monoisotopic (exact) mass is 324 g/mol. The number of methoxy groups -OCH3 is 1. The van der Waals surface area contributed by atoms with Crippen molar-refractivity contribution in [3.8, 4) is 0 Å². The number of ether oxygens (including phenoxy) is 1. The maximum Gasteiger partial charge on any atom is 0.310 e. The van der Waals surface area contributed by atoms with Gasteiger partial charge in [0.25, 0.3) is 0 Å². The van der Waals surface area contributed by atoms with Crippen LogP contribution in [0.25, 0.3) is 0 Å². The molecule has 1 rings (SSSR count). The Bertz CT molecular complexity index is 366. The van der Waals surface area contributed by atoms with Gasteiger partial charge in [0.2, 0.25) is 0 Å². The van der Waals surface area contributed by atoms with Crippen LogP contribution in [0.1, 0.15) is 5.56 Å². The van der Waals surface area contributed by atoms with E-state index in [4.69, 9.17) is 0 Å². The van der Waals surface area contributed by atoms with E-state index in [0.717, 1.165) is 0 Å². The van der Waals surface area contributed by atoms with Gasteiger partial charge in [-0.3, -0.25) is 4.79 Å². The number of esters is 1. The van der Waals surface area contributed by atoms with Crippen LogP contribution >= 0.6 is 31.9 Å². The minimum atomic E-state index is -0.470. The molecule has 1 aromatic rings. The normalized spacial score (nSPS) is 10.0. The van der Waals surface area contributed by atoms with Crippen LogP contribution in [-0.2, 0) is 16.0 Å². The van der Waals surface area contributed by atoms with Crippen LogP contribution in [0.3, 0.4) is 0 Å². The zero-order valence-electron chi connectivity index (χ0n) is 7.31. The lowest BCUT2D eigenvalue weighted by Crippen LogP contribution is -2.07. The van der Waals surface area contributed by atoms with Crippen LogP contribution in [0, 0.1) is 5.82 Å². The van der Waals surface area contributed by atoms with Crippen molar-refractivity contribution in [1.29, 1.82) is 0 Å². The van der Waals surface area contributed by atoms with Gasteiger partial charge in [-0.2, -0.15) is 0 Å². The largest absolute Gasteiger partial charge is 0.469 e. The lowest BCUT2D eigenvalue weighted by Gasteiger charge is -2.05. The fourth-order valence-electron chi connectivity index (χ4n) is 0.948. The third kappa shape index (κ3) is 2.54. The minimum absolute atomic E-state index is 0.0810. The summed E-state index contributed by atoms with van der Waals surface area (Å²) >= 11 is 6.21. The van der Waals surface area contributed by atoms with E-state index in [-0.39, 0.29) is 6.42 Å². The SMILES string of the molecule is COC(=O)Cc1c(Br)ccc(Br)c1F. The Morgan fingerprint density at radius 1 is 1.43 bits per heavy atom. The van der Waals surface area contributed by atoms with E-state index >= 15 is 0 Å². The van der Waals surface area contributed by atoms with Crippen LogP contribution in [0.5, 0.6) is 0 Å². The van der Waals surface area contributed by atoms with Crippen LogP contribution in [0.15, 0.2) is 21.1 Å². The number of carbonyl (C=O) groups is 1. The second kappa shape index (κ2) is 4.89. The molecule has 0 unspecified atom stereocenters. The fourth-order valence-corrected chi connectivity index (χ4v) is 1.77. The van der Waals surface area contributed by atoms with Crippen LogP contribution < -0.4 is 0 Å². The fraction of sp³-hybridized carbons (Fsp3) is 0.222. The Morgan fingerprint density at radius 3 is 2.57 bits per heavy atom. The predicted molar refractivity (Wildman–Crippen MR) is 57.5 cm³/mol. The van der Waals surface area contributed by atoms with Gasteiger partial charge in [0.1, 0.15) is 5.82 Å². The maximum atomic E-state index is 13.5. The van der Waals surface area contributed by atoms with Crippen LogP contribution in [0.2, 0.25) is 0 Å². The van der Waals surface area contributed by atoms with E-state index in [1.54, 1.807) is 12.1 Å². The van der Waals surface area contributed by atoms with E-state index < -0.39 is 11.8 Å². The second-order valence-corrected chi connectivity index (χ2v) is 4.28. The first kappa shape index (κ1) is 11.7. The van der Waals surface area contributed by atoms with E-state index in [9.17, 15) is 9.18 Å². The van der Waals surface area contributed by atoms with E-state index in [0.29, 0.717) is 14.5 Å². The lowest BCUT2D eigenvalue weighted by molar-refractivity contribution is -0.139. The Kier molecular flexibility index (Phi) is 4.07. The molecule has 0 aliphatic rings. The summed E-state index contributed by atoms with van der Waals surface area (Å²) in [4.78, 5) is 11.0. The Labute approximate surface area is 97.7 Å². The molecular weight excluding hydrogens is 319 g/mol. The molecule has 0 N–H and O–H groups in total. The second-order valence-electron chi connectivity index (χ2n) is 2.57. The molecule has 1 aromatic carbocycles. The average molecular weight is 326 g/mol. The quantitative estimate of drug-likeness (QED) is 0.617. The highest BCUT2D eigenvalue weighted by molar-refractivity contribution is 9.11. The molecule has 14 heavy (non-hydrogen) atoms. The molecule has 0 amide bonds. The molecule has 0 bridgehead atoms. The van der Waals surface area contributed by atoms with E-state index in [1.807, 2.05) is 0 Å². The van der Waals surface area contributed by atoms with Gasteiger partial charge >= 0.3 is 5.97 Å². The highest BCUT2D eigenvalue weighted by Crippen LogP contribution is 2.26. The molecule has 2 nitrogen and oxygen atoms in total. The van der Waals surface area contributed by atoms with Crippen molar-refractivity contribution in [3.05, 3.63) is 32.5 Å². The third-order valence-electron chi connectivity index (χ3n) is 1.69. The third-order valence-corrected chi connectivity index (χ3v) is 3.04. The minimum Gasteiger partial charge on any atom is -0.469 e. The van der Waals surface area contributed by atoms with E-state index in [2.05, 4.69) is 36.6 Å². The smallest absolute Gasteiger partial charge is 0.310 e. The predicted octanol–water partition coefficient (Wildman–Crippen LogP) is 3.07. The molecule has 0 aliphatic carbocycles. The summed E-state index contributed by atoms with van der Waals surface area (Å²) in [6.45, 7) is 0. The van der Waals surface area contributed by atoms with Crippen molar-refractivity contribution in [1.82, 2.24) is 0 Å². The van der Waals surface area contributed by atoms with Crippen molar-refractivity contribution < 1.29 is 13.9 Å². The summed E-state index contributed by atoms with van der Waals surface area (Å²) in [7, 11) is 1.27. The van der Waals surface area contributed by atoms with Crippen LogP contribution in [-0.4, -0.2) is 13.1 Å². The van der Waals surface area contributed by atoms with Crippen LogP contribution in [0.4, 0.5) is 4.39 Å². The number of halogens is 3. The van der Waals surface area contributed by atoms with Gasteiger partial charge in [-0.1, -0.05) is 15.9 Å². The summed E-state index contributed by atoms with van der Waals surface area (Å²) in [6.07, 6.45) is -0.0810. The van der Waals surface area contributed by atoms with Gasteiger partial charge in [0, 0.05) is 10.0 Å². The first-order chi connectivity index (χ1) is 6.56. The van der Waals surface area contributed by atoms with Gasteiger partial charge < -0.3 is 4.74 Å². The van der Waals surface area contributed by atoms with Crippen molar-refractivity contribution >= 4 is 37.8 Å². The number of rotatable bonds is 2. The van der Waals surface area contributed by atoms with Crippen molar-refractivity contribution in [3.63, 3.8) is 0 Å². The summed E-state index contributed by atoms with van der Waals surface area (Å²) in [6, 6.07) is 3.24. The van der Waals surface area contributed by atoms with Crippen molar-refractivity contribution in [2.24, 2.45) is 0 Å². The molecule has 76 valence electrons. The van der Waals surface area contributed by atoms with Crippen molar-refractivity contribution in [2.45, 2.75) is 6.42 Å². The summed E-state index contributed by atoms with van der Waals surface area (Å²) < 4.78 is 18.8. The molecule has 0 atom stereocenters. The first-order valence-electron chi connectivity index (χ1n) is 3.75. The molecular formula is C9H7Br2FO2. The molecule has 0 fully saturated rings. The first-order valence-corrected chi connectivity index (χ1v) is 5.34. The Hall–Kier alpha value is -0.420. The van der Waals surface area contributed by atoms with E-state index in [1.165, 1.54) is 7.11 Å². The van der Waals surface area contributed by atoms with Gasteiger partial charge in [0.05, 0.1) is 18.0 Å².